The third kappa shape index (κ3) is 13.4. The van der Waals surface area contributed by atoms with Crippen LogP contribution in [-0.2, 0) is 44.7 Å². The molecule has 410 valence electrons. The molecule has 20 N–H and O–H groups in total. The molecule has 0 aliphatic carbocycles. The molecule has 0 saturated carbocycles. The number of hydrogen-bond acceptors (Lipinski definition) is 22. The second kappa shape index (κ2) is 24.9. The summed E-state index contributed by atoms with van der Waals surface area (Å²) < 4.78 is 5.67. The van der Waals surface area contributed by atoms with E-state index in [2.05, 4.69) is 52.5 Å². The van der Waals surface area contributed by atoms with Crippen LogP contribution in [-0.4, -0.2) is 217 Å². The lowest BCUT2D eigenvalue weighted by Gasteiger charge is -2.46. The molecule has 5 unspecified atom stereocenters. The van der Waals surface area contributed by atoms with Crippen LogP contribution in [0.2, 0.25) is 0 Å². The lowest BCUT2D eigenvalue weighted by molar-refractivity contribution is -0.260. The normalized spacial score (nSPS) is 30.6. The molecule has 4 aliphatic rings. The summed E-state index contributed by atoms with van der Waals surface area (Å²) in [4.78, 5) is 108. The van der Waals surface area contributed by atoms with E-state index in [-0.39, 0.29) is 29.5 Å². The third-order valence-electron chi connectivity index (χ3n) is 13.2. The predicted octanol–water partition coefficient (Wildman–Crippen LogP) is -8.31. The number of nitrogens with one attached hydrogen (secondary N) is 8. The number of nitrogens with zero attached hydrogens (tertiary/aromatic N) is 3. The molecule has 6 rings (SSSR count). The van der Waals surface area contributed by atoms with E-state index < -0.39 is 177 Å². The number of hydrogen-bond donors (Lipinski definition) is 18. The summed E-state index contributed by atoms with van der Waals surface area (Å²) >= 11 is 0. The predicted molar refractivity (Wildman–Crippen MR) is 261 cm³/mol. The van der Waals surface area contributed by atoms with Gasteiger partial charge in [-0.2, -0.15) is 0 Å². The Kier molecular flexibility index (Phi) is 18.9. The van der Waals surface area contributed by atoms with Crippen LogP contribution >= 0.6 is 0 Å². The van der Waals surface area contributed by atoms with Gasteiger partial charge in [0.15, 0.2) is 18.1 Å². The topological polar surface area (TPSA) is 467 Å². The number of phenols is 1. The van der Waals surface area contributed by atoms with Crippen molar-refractivity contribution in [2.45, 2.75) is 118 Å². The lowest BCUT2D eigenvalue weighted by atomic mass is 9.92. The van der Waals surface area contributed by atoms with Crippen molar-refractivity contribution in [2.75, 3.05) is 38.2 Å². The van der Waals surface area contributed by atoms with Gasteiger partial charge in [0.25, 0.3) is 0 Å². The Hall–Kier alpha value is -7.25. The zero-order chi connectivity index (χ0) is 55.0. The molecule has 2 fully saturated rings. The first-order chi connectivity index (χ1) is 35.5. The Morgan fingerprint density at radius 2 is 1.39 bits per heavy atom. The van der Waals surface area contributed by atoms with Gasteiger partial charge >= 0.3 is 0 Å². The highest BCUT2D eigenvalue weighted by Crippen LogP contribution is 2.30. The summed E-state index contributed by atoms with van der Waals surface area (Å²) in [7, 11) is 0. The molecule has 0 aromatic heterocycles. The number of ether oxygens (including phenoxy) is 1. The Balaban J connectivity index is 1.44. The van der Waals surface area contributed by atoms with Crippen molar-refractivity contribution in [1.82, 2.24) is 42.1 Å². The van der Waals surface area contributed by atoms with Gasteiger partial charge in [0.05, 0.1) is 50.6 Å². The monoisotopic (exact) mass is 1060 g/mol. The van der Waals surface area contributed by atoms with E-state index in [1.165, 1.54) is 18.2 Å². The van der Waals surface area contributed by atoms with E-state index in [9.17, 15) is 74.4 Å². The van der Waals surface area contributed by atoms with Crippen LogP contribution < -0.4 is 54.0 Å². The van der Waals surface area contributed by atoms with Crippen molar-refractivity contribution in [3.8, 4) is 5.75 Å². The number of guanidine groups is 2. The van der Waals surface area contributed by atoms with Crippen LogP contribution in [0.25, 0.3) is 0 Å². The molecule has 29 nitrogen and oxygen atoms in total. The molecule has 4 aliphatic heterocycles. The fourth-order valence-corrected chi connectivity index (χ4v) is 8.80. The molecular formula is C46H65N13O16. The molecule has 7 amide bonds. The molecule has 4 heterocycles. The number of carbonyl (C=O) groups is 7. The summed E-state index contributed by atoms with van der Waals surface area (Å²) in [6.45, 7) is 1.17. The number of aromatic hydroxyl groups is 1. The van der Waals surface area contributed by atoms with Gasteiger partial charge in [-0.15, -0.1) is 0 Å². The third-order valence-corrected chi connectivity index (χ3v) is 13.2. The first-order valence-electron chi connectivity index (χ1n) is 23.9. The molecule has 2 aromatic carbocycles. The van der Waals surface area contributed by atoms with Crippen LogP contribution in [0.15, 0.2) is 58.5 Å². The molecule has 75 heavy (non-hydrogen) atoms. The Labute approximate surface area is 428 Å². The second-order valence-electron chi connectivity index (χ2n) is 18.8. The summed E-state index contributed by atoms with van der Waals surface area (Å²) in [6.07, 6.45) is -13.8. The van der Waals surface area contributed by atoms with E-state index in [1.807, 2.05) is 0 Å². The molecule has 0 bridgehead atoms. The zero-order valence-corrected chi connectivity index (χ0v) is 40.9. The number of aliphatic hydroxyl groups is 7. The number of carbonyl (C=O) groups excluding carboxylic acids is 7. The van der Waals surface area contributed by atoms with Crippen LogP contribution in [0.4, 0.5) is 5.69 Å². The number of benzene rings is 2. The van der Waals surface area contributed by atoms with Crippen molar-refractivity contribution in [2.24, 2.45) is 27.4 Å². The zero-order valence-electron chi connectivity index (χ0n) is 40.9. The lowest BCUT2D eigenvalue weighted by Crippen LogP contribution is -2.70. The largest absolute Gasteiger partial charge is 0.506 e. The molecular weight excluding hydrogens is 991 g/mol. The fourth-order valence-electron chi connectivity index (χ4n) is 8.80. The van der Waals surface area contributed by atoms with E-state index in [4.69, 9.17) is 16.2 Å². The Morgan fingerprint density at radius 3 is 2.03 bits per heavy atom. The maximum atomic E-state index is 14.9. The number of amides is 7. The average Bonchev–Trinajstić information content (AvgIpc) is 4.01. The van der Waals surface area contributed by atoms with Crippen LogP contribution in [0.3, 0.4) is 0 Å². The smallest absolute Gasteiger partial charge is 0.246 e. The van der Waals surface area contributed by atoms with E-state index in [0.29, 0.717) is 5.56 Å². The van der Waals surface area contributed by atoms with Crippen molar-refractivity contribution >= 4 is 59.0 Å². The molecule has 2 aromatic rings. The SMILES string of the molecule is CC(C)C(=O)Nc1cc(C[C@H]2NC(=O)[C@H](C(C)c3ccccc3)NC(=O)CNC(=O)[C@H](CO)NC(=O)[C@@H](C(O)C3CN=C(N)N3[C@H]3O[C@H](CO)[C@@H](O)[C@H](O)[C@@H]3O)NC(=O)[C@H](C(O)C3CN=C(N)N3)NC2=O)ccc1O. The number of nitrogens with two attached hydrogens (primary N) is 2. The van der Waals surface area contributed by atoms with Gasteiger partial charge in [0.2, 0.25) is 41.4 Å². The quantitative estimate of drug-likeness (QED) is 0.0829. The van der Waals surface area contributed by atoms with Crippen molar-refractivity contribution in [3.05, 3.63) is 59.7 Å². The van der Waals surface area contributed by atoms with Gasteiger partial charge in [-0.05, 0) is 23.3 Å². The first kappa shape index (κ1) is 57.0. The van der Waals surface area contributed by atoms with Crippen molar-refractivity contribution in [1.29, 1.82) is 0 Å². The van der Waals surface area contributed by atoms with E-state index >= 15 is 0 Å². The van der Waals surface area contributed by atoms with Gasteiger partial charge < -0.3 is 104 Å². The number of rotatable bonds is 13. The van der Waals surface area contributed by atoms with Crippen molar-refractivity contribution < 1.29 is 79.2 Å². The molecule has 15 atom stereocenters. The maximum Gasteiger partial charge on any atom is 0.246 e. The van der Waals surface area contributed by atoms with E-state index in [1.54, 1.807) is 51.1 Å². The minimum Gasteiger partial charge on any atom is -0.506 e. The standard InChI is InChI=1S/C46H65N13O16/c1-18(2)38(69)52-22-11-20(9-10-27(22)62)12-23-40(71)57-31(33(64)24-13-50-45(47)55-24)43(74)58-32(34(65)26-14-51-46(48)59(26)44-37(68)36(67)35(66)28(17-61)75-44)42(73)54-25(16-60)39(70)49-15-29(63)56-30(41(72)53-23)19(3)21-7-5-4-6-8-21/h4-11,18-19,23-26,28,30-37,44,60-62,64-68H,12-17H2,1-3H3,(H2,48,51)(H,49,70)(H,52,69)(H,53,72)(H,54,73)(H,56,63)(H,57,71)(H,58,74)(H3,47,50,55)/t19?,23-,24?,25+,26?,28-,30+,31+,32-,33?,34?,35-,36+,37+,44+/m1/s1. The van der Waals surface area contributed by atoms with Gasteiger partial charge in [-0.3, -0.25) is 43.5 Å². The Morgan fingerprint density at radius 1 is 0.747 bits per heavy atom. The van der Waals surface area contributed by atoms with Crippen molar-refractivity contribution in [3.63, 3.8) is 0 Å². The van der Waals surface area contributed by atoms with Gasteiger partial charge in [0.1, 0.15) is 72.6 Å². The summed E-state index contributed by atoms with van der Waals surface area (Å²) in [5, 5.41) is 107. The van der Waals surface area contributed by atoms with Crippen LogP contribution in [0.5, 0.6) is 5.75 Å². The Bertz CT molecular complexity index is 2490. The number of aliphatic imine (C=N–C) groups is 2. The van der Waals surface area contributed by atoms with Gasteiger partial charge in [-0.1, -0.05) is 57.2 Å². The molecule has 0 spiro atoms. The van der Waals surface area contributed by atoms with Gasteiger partial charge in [0, 0.05) is 18.3 Å². The molecule has 2 saturated heterocycles. The minimum atomic E-state index is -2.29. The van der Waals surface area contributed by atoms with E-state index in [0.717, 1.165) is 4.90 Å². The molecule has 0 radical (unpaired) electrons. The highest BCUT2D eigenvalue weighted by molar-refractivity contribution is 5.99. The average molecular weight is 1060 g/mol. The number of phenolic OH excluding ortho intramolecular Hbond substituents is 1. The number of anilines is 1. The second-order valence-corrected chi connectivity index (χ2v) is 18.8. The highest BCUT2D eigenvalue weighted by Gasteiger charge is 2.52. The number of aliphatic hydroxyl groups excluding tert-OH is 7. The summed E-state index contributed by atoms with van der Waals surface area (Å²) in [6, 6.07) is -0.0879. The highest BCUT2D eigenvalue weighted by atomic mass is 16.6. The summed E-state index contributed by atoms with van der Waals surface area (Å²) in [5.74, 6) is -9.89. The van der Waals surface area contributed by atoms with Crippen LogP contribution in [0.1, 0.15) is 37.8 Å². The fraction of sp³-hybridized carbons (Fsp3) is 0.543. The van der Waals surface area contributed by atoms with Gasteiger partial charge in [-0.25, -0.2) is 0 Å². The molecule has 29 heteroatoms. The first-order valence-corrected chi connectivity index (χ1v) is 23.9. The summed E-state index contributed by atoms with van der Waals surface area (Å²) in [5.41, 5.74) is 12.7. The maximum absolute atomic E-state index is 14.9. The van der Waals surface area contributed by atoms with Crippen LogP contribution in [0, 0.1) is 5.92 Å². The minimum absolute atomic E-state index is 0.0635.